The zero-order valence-electron chi connectivity index (χ0n) is 9.07. The maximum Gasteiger partial charge on any atom is 0.155 e. The summed E-state index contributed by atoms with van der Waals surface area (Å²) in [5.74, 6) is 0. The fourth-order valence-electron chi connectivity index (χ4n) is 1.36. The molecule has 0 atom stereocenters. The van der Waals surface area contributed by atoms with Crippen molar-refractivity contribution in [2.24, 2.45) is 0 Å². The van der Waals surface area contributed by atoms with Gasteiger partial charge in [-0.2, -0.15) is 0 Å². The molecule has 0 saturated carbocycles. The molecular weight excluding hydrogens is 174 g/mol. The van der Waals surface area contributed by atoms with E-state index in [4.69, 9.17) is 0 Å². The zero-order valence-corrected chi connectivity index (χ0v) is 9.07. The first kappa shape index (κ1) is 9.19. The van der Waals surface area contributed by atoms with Crippen molar-refractivity contribution in [2.45, 2.75) is 33.1 Å². The topological polar surface area (TPSA) is 30.2 Å². The van der Waals surface area contributed by atoms with Crippen LogP contribution in [-0.4, -0.2) is 14.4 Å². The van der Waals surface area contributed by atoms with E-state index in [-0.39, 0.29) is 5.41 Å². The second kappa shape index (κ2) is 2.80. The Morgan fingerprint density at radius 2 is 1.93 bits per heavy atom. The van der Waals surface area contributed by atoms with Gasteiger partial charge in [-0.3, -0.25) is 4.98 Å². The minimum atomic E-state index is 0.0971. The van der Waals surface area contributed by atoms with Crippen LogP contribution in [0.25, 0.3) is 5.65 Å². The molecule has 2 aromatic heterocycles. The molecule has 0 fully saturated rings. The summed E-state index contributed by atoms with van der Waals surface area (Å²) in [6, 6.07) is 0. The molecular formula is C11H15N3. The molecule has 14 heavy (non-hydrogen) atoms. The van der Waals surface area contributed by atoms with Gasteiger partial charge in [-0.15, -0.1) is 0 Å². The molecule has 0 amide bonds. The first-order valence-electron chi connectivity index (χ1n) is 4.79. The van der Waals surface area contributed by atoms with Crippen LogP contribution >= 0.6 is 0 Å². The lowest BCUT2D eigenvalue weighted by Gasteiger charge is -2.13. The Morgan fingerprint density at radius 1 is 1.21 bits per heavy atom. The highest BCUT2D eigenvalue weighted by Crippen LogP contribution is 2.21. The smallest absolute Gasteiger partial charge is 0.155 e. The van der Waals surface area contributed by atoms with E-state index in [1.807, 2.05) is 23.7 Å². The van der Waals surface area contributed by atoms with Crippen molar-refractivity contribution in [2.75, 3.05) is 0 Å². The summed E-state index contributed by atoms with van der Waals surface area (Å²) in [4.78, 5) is 8.74. The summed E-state index contributed by atoms with van der Waals surface area (Å²) >= 11 is 0. The van der Waals surface area contributed by atoms with E-state index >= 15 is 0 Å². The van der Waals surface area contributed by atoms with Gasteiger partial charge in [0, 0.05) is 17.8 Å². The molecule has 0 bridgehead atoms. The van der Waals surface area contributed by atoms with Gasteiger partial charge in [-0.1, -0.05) is 20.8 Å². The molecule has 2 aromatic rings. The van der Waals surface area contributed by atoms with Crippen LogP contribution in [0.3, 0.4) is 0 Å². The molecule has 0 aliphatic rings. The quantitative estimate of drug-likeness (QED) is 0.636. The van der Waals surface area contributed by atoms with Gasteiger partial charge in [0.05, 0.1) is 17.6 Å². The summed E-state index contributed by atoms with van der Waals surface area (Å²) in [5, 5.41) is 0. The van der Waals surface area contributed by atoms with Crippen LogP contribution in [0.4, 0.5) is 0 Å². The Morgan fingerprint density at radius 3 is 2.57 bits per heavy atom. The number of fused-ring (bicyclic) bond motifs is 1. The van der Waals surface area contributed by atoms with Crippen LogP contribution in [0.5, 0.6) is 0 Å². The average molecular weight is 189 g/mol. The average Bonchev–Trinajstić information content (AvgIpc) is 2.45. The van der Waals surface area contributed by atoms with Gasteiger partial charge in [0.2, 0.25) is 0 Å². The number of hydrogen-bond acceptors (Lipinski definition) is 2. The van der Waals surface area contributed by atoms with Gasteiger partial charge >= 0.3 is 0 Å². The molecule has 0 aromatic carbocycles. The number of nitrogens with zero attached hydrogens (tertiary/aromatic N) is 3. The molecule has 0 N–H and O–H groups in total. The highest BCUT2D eigenvalue weighted by Gasteiger charge is 2.17. The summed E-state index contributed by atoms with van der Waals surface area (Å²) in [5.41, 5.74) is 3.13. The van der Waals surface area contributed by atoms with E-state index < -0.39 is 0 Å². The van der Waals surface area contributed by atoms with Crippen molar-refractivity contribution >= 4 is 5.65 Å². The lowest BCUT2D eigenvalue weighted by molar-refractivity contribution is 0.573. The van der Waals surface area contributed by atoms with Gasteiger partial charge in [0.1, 0.15) is 0 Å². The Hall–Kier alpha value is -1.38. The summed E-state index contributed by atoms with van der Waals surface area (Å²) in [7, 11) is 0. The van der Waals surface area contributed by atoms with Crippen molar-refractivity contribution in [1.82, 2.24) is 14.4 Å². The number of imidazole rings is 1. The van der Waals surface area contributed by atoms with Crippen molar-refractivity contribution < 1.29 is 0 Å². The van der Waals surface area contributed by atoms with Crippen LogP contribution in [0.15, 0.2) is 18.6 Å². The lowest BCUT2D eigenvalue weighted by Crippen LogP contribution is -2.11. The van der Waals surface area contributed by atoms with Crippen LogP contribution in [0, 0.1) is 6.92 Å². The fraction of sp³-hybridized carbons (Fsp3) is 0.455. The maximum absolute atomic E-state index is 4.53. The zero-order chi connectivity index (χ0) is 10.3. The predicted octanol–water partition coefficient (Wildman–Crippen LogP) is 2.34. The number of aryl methyl sites for hydroxylation is 1. The summed E-state index contributed by atoms with van der Waals surface area (Å²) in [6.07, 6.45) is 5.88. The van der Waals surface area contributed by atoms with E-state index in [0.29, 0.717) is 0 Å². The van der Waals surface area contributed by atoms with E-state index in [1.165, 1.54) is 0 Å². The van der Waals surface area contributed by atoms with E-state index in [9.17, 15) is 0 Å². The molecule has 0 radical (unpaired) electrons. The van der Waals surface area contributed by atoms with Crippen LogP contribution in [0.2, 0.25) is 0 Å². The van der Waals surface area contributed by atoms with Crippen molar-refractivity contribution in [3.8, 4) is 0 Å². The largest absolute Gasteiger partial charge is 0.304 e. The Balaban J connectivity index is 2.63. The minimum Gasteiger partial charge on any atom is -0.304 e. The van der Waals surface area contributed by atoms with Gasteiger partial charge in [0.15, 0.2) is 5.65 Å². The predicted molar refractivity (Wildman–Crippen MR) is 56.4 cm³/mol. The third-order valence-corrected chi connectivity index (χ3v) is 2.24. The highest BCUT2D eigenvalue weighted by atomic mass is 15.0. The van der Waals surface area contributed by atoms with Crippen LogP contribution < -0.4 is 0 Å². The number of hydrogen-bond donors (Lipinski definition) is 0. The molecule has 0 aliphatic carbocycles. The normalized spacial score (nSPS) is 12.3. The summed E-state index contributed by atoms with van der Waals surface area (Å²) < 4.78 is 2.03. The standard InChI is InChI=1S/C11H15N3/c1-8-6-14-7-9(11(2,3)4)13-10(14)5-12-8/h5-7H,1-4H3. The van der Waals surface area contributed by atoms with Gasteiger partial charge in [-0.05, 0) is 6.92 Å². The van der Waals surface area contributed by atoms with Crippen molar-refractivity contribution in [3.05, 3.63) is 30.0 Å². The number of aromatic nitrogens is 3. The van der Waals surface area contributed by atoms with Gasteiger partial charge < -0.3 is 4.40 Å². The van der Waals surface area contributed by atoms with E-state index in [0.717, 1.165) is 17.0 Å². The minimum absolute atomic E-state index is 0.0971. The molecule has 2 heterocycles. The monoisotopic (exact) mass is 189 g/mol. The fourth-order valence-corrected chi connectivity index (χ4v) is 1.36. The van der Waals surface area contributed by atoms with Crippen molar-refractivity contribution in [1.29, 1.82) is 0 Å². The third kappa shape index (κ3) is 1.50. The van der Waals surface area contributed by atoms with Crippen molar-refractivity contribution in [3.63, 3.8) is 0 Å². The van der Waals surface area contributed by atoms with E-state index in [2.05, 4.69) is 36.9 Å². The summed E-state index contributed by atoms with van der Waals surface area (Å²) in [6.45, 7) is 8.47. The second-order valence-corrected chi connectivity index (χ2v) is 4.67. The molecule has 3 heteroatoms. The second-order valence-electron chi connectivity index (χ2n) is 4.67. The van der Waals surface area contributed by atoms with Crippen LogP contribution in [-0.2, 0) is 5.41 Å². The highest BCUT2D eigenvalue weighted by molar-refractivity contribution is 5.38. The first-order valence-corrected chi connectivity index (χ1v) is 4.79. The molecule has 3 nitrogen and oxygen atoms in total. The Kier molecular flexibility index (Phi) is 1.84. The molecule has 74 valence electrons. The molecule has 0 unspecified atom stereocenters. The maximum atomic E-state index is 4.53. The molecule has 0 spiro atoms. The van der Waals surface area contributed by atoms with Crippen LogP contribution in [0.1, 0.15) is 32.2 Å². The Bertz CT molecular complexity index is 463. The molecule has 0 saturated heterocycles. The first-order chi connectivity index (χ1) is 6.47. The third-order valence-electron chi connectivity index (χ3n) is 2.24. The SMILES string of the molecule is Cc1cn2cc(C(C)(C)C)nc2cn1. The molecule has 2 rings (SSSR count). The number of rotatable bonds is 0. The van der Waals surface area contributed by atoms with E-state index in [1.54, 1.807) is 0 Å². The lowest BCUT2D eigenvalue weighted by atomic mass is 9.93. The van der Waals surface area contributed by atoms with Gasteiger partial charge in [0.25, 0.3) is 0 Å². The van der Waals surface area contributed by atoms with Gasteiger partial charge in [-0.25, -0.2) is 4.98 Å². The Labute approximate surface area is 83.8 Å². The molecule has 0 aliphatic heterocycles.